The molecule has 2 heteroatoms. The molecule has 0 aromatic carbocycles. The zero-order chi connectivity index (χ0) is 8.20. The van der Waals surface area contributed by atoms with Crippen LogP contribution in [0.15, 0.2) is 0 Å². The SMILES string of the molecule is CCC(C)[Si](C)(CC)OC. The molecule has 0 aromatic rings. The second-order valence-electron chi connectivity index (χ2n) is 3.18. The third-order valence-electron chi connectivity index (χ3n) is 2.82. The summed E-state index contributed by atoms with van der Waals surface area (Å²) in [5.41, 5.74) is 0.794. The van der Waals surface area contributed by atoms with Crippen LogP contribution in [0.3, 0.4) is 0 Å². The highest BCUT2D eigenvalue weighted by atomic mass is 28.4. The largest absolute Gasteiger partial charge is 0.420 e. The van der Waals surface area contributed by atoms with Gasteiger partial charge >= 0.3 is 0 Å². The molecule has 0 aliphatic rings. The molecule has 0 amide bonds. The van der Waals surface area contributed by atoms with Crippen molar-refractivity contribution in [2.75, 3.05) is 7.11 Å². The predicted octanol–water partition coefficient (Wildman–Crippen LogP) is 3.03. The first-order valence-electron chi connectivity index (χ1n) is 4.15. The van der Waals surface area contributed by atoms with Gasteiger partial charge in [-0.2, -0.15) is 0 Å². The summed E-state index contributed by atoms with van der Waals surface area (Å²) in [5, 5.41) is 0. The Labute approximate surface area is 65.9 Å². The van der Waals surface area contributed by atoms with Crippen molar-refractivity contribution in [2.45, 2.75) is 45.3 Å². The third-order valence-corrected chi connectivity index (χ3v) is 7.65. The standard InChI is InChI=1S/C8H20OSi/c1-6-8(3)10(5,7-2)9-4/h8H,6-7H2,1-5H3. The van der Waals surface area contributed by atoms with Gasteiger partial charge in [0.05, 0.1) is 0 Å². The number of rotatable bonds is 4. The van der Waals surface area contributed by atoms with Gasteiger partial charge in [0.2, 0.25) is 0 Å². The van der Waals surface area contributed by atoms with Crippen molar-refractivity contribution in [3.05, 3.63) is 0 Å². The van der Waals surface area contributed by atoms with Crippen LogP contribution in [0.5, 0.6) is 0 Å². The molecular formula is C8H20OSi. The van der Waals surface area contributed by atoms with E-state index in [0.29, 0.717) is 0 Å². The van der Waals surface area contributed by atoms with Gasteiger partial charge < -0.3 is 4.43 Å². The topological polar surface area (TPSA) is 9.23 Å². The summed E-state index contributed by atoms with van der Waals surface area (Å²) >= 11 is 0. The van der Waals surface area contributed by atoms with Crippen LogP contribution >= 0.6 is 0 Å². The van der Waals surface area contributed by atoms with Crippen molar-refractivity contribution in [1.82, 2.24) is 0 Å². The molecule has 0 aliphatic heterocycles. The molecule has 0 saturated carbocycles. The van der Waals surface area contributed by atoms with Gasteiger partial charge in [-0.1, -0.05) is 27.2 Å². The third kappa shape index (κ3) is 2.10. The summed E-state index contributed by atoms with van der Waals surface area (Å²) in [4.78, 5) is 0. The van der Waals surface area contributed by atoms with Crippen LogP contribution in [0.2, 0.25) is 18.1 Å². The van der Waals surface area contributed by atoms with Crippen molar-refractivity contribution in [3.8, 4) is 0 Å². The number of hydrogen-bond donors (Lipinski definition) is 0. The summed E-state index contributed by atoms with van der Waals surface area (Å²) in [6.07, 6.45) is 1.25. The zero-order valence-corrected chi connectivity index (χ0v) is 8.90. The Kier molecular flexibility index (Phi) is 4.21. The lowest BCUT2D eigenvalue weighted by molar-refractivity contribution is 0.384. The van der Waals surface area contributed by atoms with E-state index in [0.717, 1.165) is 5.54 Å². The van der Waals surface area contributed by atoms with Gasteiger partial charge in [-0.25, -0.2) is 0 Å². The molecule has 2 unspecified atom stereocenters. The van der Waals surface area contributed by atoms with Gasteiger partial charge in [-0.3, -0.25) is 0 Å². The highest BCUT2D eigenvalue weighted by Gasteiger charge is 2.30. The molecule has 0 spiro atoms. The average Bonchev–Trinajstić information content (AvgIpc) is 2.01. The van der Waals surface area contributed by atoms with E-state index in [1.807, 2.05) is 7.11 Å². The van der Waals surface area contributed by atoms with Gasteiger partial charge in [0, 0.05) is 7.11 Å². The number of hydrogen-bond acceptors (Lipinski definition) is 1. The van der Waals surface area contributed by atoms with Gasteiger partial charge in [-0.05, 0) is 18.1 Å². The lowest BCUT2D eigenvalue weighted by Gasteiger charge is -2.29. The Morgan fingerprint density at radius 1 is 1.40 bits per heavy atom. The smallest absolute Gasteiger partial charge is 0.191 e. The average molecular weight is 160 g/mol. The molecule has 62 valence electrons. The van der Waals surface area contributed by atoms with E-state index in [4.69, 9.17) is 4.43 Å². The van der Waals surface area contributed by atoms with Crippen LogP contribution < -0.4 is 0 Å². The van der Waals surface area contributed by atoms with Crippen molar-refractivity contribution >= 4 is 8.32 Å². The Balaban J connectivity index is 4.02. The van der Waals surface area contributed by atoms with Crippen LogP contribution in [-0.2, 0) is 4.43 Å². The van der Waals surface area contributed by atoms with E-state index in [2.05, 4.69) is 27.3 Å². The Morgan fingerprint density at radius 2 is 1.90 bits per heavy atom. The molecule has 0 saturated heterocycles. The lowest BCUT2D eigenvalue weighted by Crippen LogP contribution is -2.36. The second-order valence-corrected chi connectivity index (χ2v) is 7.91. The first kappa shape index (κ1) is 10.2. The van der Waals surface area contributed by atoms with Crippen LogP contribution in [0.25, 0.3) is 0 Å². The fourth-order valence-electron chi connectivity index (χ4n) is 1.13. The van der Waals surface area contributed by atoms with Crippen LogP contribution in [0, 0.1) is 0 Å². The lowest BCUT2D eigenvalue weighted by atomic mass is 10.4. The molecule has 2 atom stereocenters. The van der Waals surface area contributed by atoms with E-state index in [1.165, 1.54) is 12.5 Å². The van der Waals surface area contributed by atoms with E-state index >= 15 is 0 Å². The molecule has 0 radical (unpaired) electrons. The molecule has 0 bridgehead atoms. The zero-order valence-electron chi connectivity index (χ0n) is 7.90. The molecular weight excluding hydrogens is 140 g/mol. The van der Waals surface area contributed by atoms with Crippen LogP contribution in [0.4, 0.5) is 0 Å². The van der Waals surface area contributed by atoms with E-state index < -0.39 is 8.32 Å². The summed E-state index contributed by atoms with van der Waals surface area (Å²) in [6, 6.07) is 1.23. The fourth-order valence-corrected chi connectivity index (χ4v) is 3.38. The van der Waals surface area contributed by atoms with E-state index in [-0.39, 0.29) is 0 Å². The maximum atomic E-state index is 5.58. The summed E-state index contributed by atoms with van der Waals surface area (Å²) in [5.74, 6) is 0. The summed E-state index contributed by atoms with van der Waals surface area (Å²) < 4.78 is 5.58. The van der Waals surface area contributed by atoms with Crippen molar-refractivity contribution in [2.24, 2.45) is 0 Å². The maximum Gasteiger partial charge on any atom is 0.191 e. The minimum absolute atomic E-state index is 0.794. The first-order chi connectivity index (χ1) is 4.60. The molecule has 10 heavy (non-hydrogen) atoms. The highest BCUT2D eigenvalue weighted by molar-refractivity contribution is 6.73. The van der Waals surface area contributed by atoms with Crippen molar-refractivity contribution < 1.29 is 4.43 Å². The van der Waals surface area contributed by atoms with E-state index in [1.54, 1.807) is 0 Å². The molecule has 0 aliphatic carbocycles. The highest BCUT2D eigenvalue weighted by Crippen LogP contribution is 2.28. The summed E-state index contributed by atoms with van der Waals surface area (Å²) in [6.45, 7) is 9.10. The van der Waals surface area contributed by atoms with E-state index in [9.17, 15) is 0 Å². The molecule has 1 nitrogen and oxygen atoms in total. The Morgan fingerprint density at radius 3 is 2.00 bits per heavy atom. The minimum atomic E-state index is -1.30. The normalized spacial score (nSPS) is 20.1. The maximum absolute atomic E-state index is 5.58. The molecule has 0 fully saturated rings. The van der Waals surface area contributed by atoms with Gasteiger partial charge in [0.15, 0.2) is 8.32 Å². The quantitative estimate of drug-likeness (QED) is 0.574. The van der Waals surface area contributed by atoms with Gasteiger partial charge in [0.1, 0.15) is 0 Å². The Hall–Kier alpha value is 0.177. The van der Waals surface area contributed by atoms with Gasteiger partial charge in [-0.15, -0.1) is 0 Å². The van der Waals surface area contributed by atoms with Crippen LogP contribution in [-0.4, -0.2) is 15.4 Å². The molecule has 0 rings (SSSR count). The van der Waals surface area contributed by atoms with Crippen molar-refractivity contribution in [3.63, 3.8) is 0 Å². The second kappa shape index (κ2) is 4.14. The molecule has 0 heterocycles. The first-order valence-corrected chi connectivity index (χ1v) is 6.85. The fraction of sp³-hybridized carbons (Fsp3) is 1.00. The van der Waals surface area contributed by atoms with Crippen LogP contribution in [0.1, 0.15) is 27.2 Å². The van der Waals surface area contributed by atoms with Gasteiger partial charge in [0.25, 0.3) is 0 Å². The predicted molar refractivity (Wildman–Crippen MR) is 48.8 cm³/mol. The minimum Gasteiger partial charge on any atom is -0.420 e. The van der Waals surface area contributed by atoms with Crippen molar-refractivity contribution in [1.29, 1.82) is 0 Å². The Bertz CT molecular complexity index is 89.3. The molecule has 0 N–H and O–H groups in total. The summed E-state index contributed by atoms with van der Waals surface area (Å²) in [7, 11) is 0.562. The molecule has 0 aromatic heterocycles. The monoisotopic (exact) mass is 160 g/mol.